The smallest absolute Gasteiger partial charge is 0.321 e. The van der Waals surface area contributed by atoms with Crippen molar-refractivity contribution in [1.82, 2.24) is 9.80 Å². The maximum Gasteiger partial charge on any atom is 0.321 e. The number of nitrogens with zero attached hydrogens (tertiary/aromatic N) is 3. The first kappa shape index (κ1) is 31.6. The van der Waals surface area contributed by atoms with Gasteiger partial charge in [0.2, 0.25) is 0 Å². The van der Waals surface area contributed by atoms with Gasteiger partial charge < -0.3 is 10.0 Å². The van der Waals surface area contributed by atoms with Gasteiger partial charge in [-0.1, -0.05) is 45.0 Å². The van der Waals surface area contributed by atoms with E-state index in [-0.39, 0.29) is 35.9 Å². The van der Waals surface area contributed by atoms with Gasteiger partial charge >= 0.3 is 5.97 Å². The first-order valence-corrected chi connectivity index (χ1v) is 14.0. The Hall–Kier alpha value is -2.89. The lowest BCUT2D eigenvalue weighted by Crippen LogP contribution is -2.48. The van der Waals surface area contributed by atoms with Crippen LogP contribution in [0.2, 0.25) is 0 Å². The van der Waals surface area contributed by atoms with Gasteiger partial charge in [0.1, 0.15) is 11.9 Å². The second-order valence-corrected chi connectivity index (χ2v) is 12.4. The molecule has 2 aliphatic heterocycles. The number of benzene rings is 2. The topological polar surface area (TPSA) is 67.6 Å². The van der Waals surface area contributed by atoms with Gasteiger partial charge in [-0.3, -0.25) is 9.69 Å². The largest absolute Gasteiger partial charge is 0.480 e. The van der Waals surface area contributed by atoms with Gasteiger partial charge in [-0.05, 0) is 98.6 Å². The molecular weight excluding hydrogens is 515 g/mol. The van der Waals surface area contributed by atoms with Gasteiger partial charge in [-0.2, -0.15) is 5.26 Å². The van der Waals surface area contributed by atoms with Gasteiger partial charge in [0, 0.05) is 19.4 Å². The van der Waals surface area contributed by atoms with E-state index in [4.69, 9.17) is 5.26 Å². The van der Waals surface area contributed by atoms with E-state index < -0.39 is 17.9 Å². The Morgan fingerprint density at radius 3 is 2.27 bits per heavy atom. The molecule has 0 radical (unpaired) electrons. The lowest BCUT2D eigenvalue weighted by atomic mass is 9.85. The summed E-state index contributed by atoms with van der Waals surface area (Å²) in [5.41, 5.74) is 1.75. The molecule has 1 N–H and O–H groups in total. The summed E-state index contributed by atoms with van der Waals surface area (Å²) in [6.45, 7) is 9.09. The molecule has 2 fully saturated rings. The summed E-state index contributed by atoms with van der Waals surface area (Å²) in [6, 6.07) is 14.6. The quantitative estimate of drug-likeness (QED) is 0.417. The molecule has 5 nitrogen and oxygen atoms in total. The predicted octanol–water partition coefficient (Wildman–Crippen LogP) is 6.58. The van der Waals surface area contributed by atoms with E-state index in [1.54, 1.807) is 36.4 Å². The summed E-state index contributed by atoms with van der Waals surface area (Å²) in [5.74, 6) is -3.33. The fourth-order valence-corrected chi connectivity index (χ4v) is 5.89. The van der Waals surface area contributed by atoms with Crippen molar-refractivity contribution in [3.63, 3.8) is 0 Å². The van der Waals surface area contributed by atoms with Crippen LogP contribution in [0.4, 0.5) is 13.2 Å². The van der Waals surface area contributed by atoms with Gasteiger partial charge in [0.15, 0.2) is 0 Å². The molecular formula is C32H42F3N3O2. The zero-order valence-corrected chi connectivity index (χ0v) is 24.0. The third-order valence-corrected chi connectivity index (χ3v) is 7.93. The maximum atomic E-state index is 14.1. The average molecular weight is 558 g/mol. The normalized spacial score (nSPS) is 19.9. The molecule has 2 aromatic carbocycles. The number of aliphatic carboxylic acids is 1. The Labute approximate surface area is 236 Å². The number of piperidine rings is 1. The van der Waals surface area contributed by atoms with Crippen LogP contribution >= 0.6 is 0 Å². The minimum absolute atomic E-state index is 0.0269. The number of carboxylic acids is 1. The summed E-state index contributed by atoms with van der Waals surface area (Å²) in [6.07, 6.45) is 2.34. The van der Waals surface area contributed by atoms with E-state index in [9.17, 15) is 23.1 Å². The molecule has 4 rings (SSSR count). The van der Waals surface area contributed by atoms with Crippen LogP contribution in [0, 0.1) is 28.5 Å². The lowest BCUT2D eigenvalue weighted by Gasteiger charge is -2.34. The molecule has 0 aliphatic carbocycles. The van der Waals surface area contributed by atoms with Crippen molar-refractivity contribution in [1.29, 1.82) is 5.26 Å². The zero-order chi connectivity index (χ0) is 29.5. The fraction of sp³-hybridized carbons (Fsp3) is 0.562. The number of carbonyl (C=O) groups is 1. The number of likely N-dealkylation sites (tertiary alicyclic amines) is 2. The highest BCUT2D eigenvalue weighted by atomic mass is 19.3. The van der Waals surface area contributed by atoms with Gasteiger partial charge in [0.05, 0.1) is 11.6 Å². The van der Waals surface area contributed by atoms with Crippen molar-refractivity contribution >= 4 is 5.97 Å². The van der Waals surface area contributed by atoms with E-state index in [0.29, 0.717) is 17.7 Å². The summed E-state index contributed by atoms with van der Waals surface area (Å²) in [7, 11) is 2.03. The molecule has 0 bridgehead atoms. The molecule has 40 heavy (non-hydrogen) atoms. The van der Waals surface area contributed by atoms with E-state index in [1.807, 2.05) is 44.9 Å². The number of rotatable bonds is 7. The number of hydrogen-bond donors (Lipinski definition) is 1. The average Bonchev–Trinajstić information content (AvgIpc) is 3.34. The molecule has 2 heterocycles. The van der Waals surface area contributed by atoms with E-state index >= 15 is 0 Å². The first-order valence-electron chi connectivity index (χ1n) is 14.0. The summed E-state index contributed by atoms with van der Waals surface area (Å²) in [5, 5.41) is 18.2. The highest BCUT2D eigenvalue weighted by Gasteiger charge is 2.40. The maximum absolute atomic E-state index is 14.1. The summed E-state index contributed by atoms with van der Waals surface area (Å²) < 4.78 is 41.5. The second-order valence-electron chi connectivity index (χ2n) is 12.4. The van der Waals surface area contributed by atoms with Crippen molar-refractivity contribution in [2.24, 2.45) is 11.3 Å². The molecule has 2 atom stereocenters. The van der Waals surface area contributed by atoms with Crippen molar-refractivity contribution in [3.05, 3.63) is 71.0 Å². The number of nitriles is 1. The highest BCUT2D eigenvalue weighted by Crippen LogP contribution is 2.34. The van der Waals surface area contributed by atoms with Crippen LogP contribution in [0.25, 0.3) is 0 Å². The van der Waals surface area contributed by atoms with Gasteiger partial charge in [-0.15, -0.1) is 0 Å². The summed E-state index contributed by atoms with van der Waals surface area (Å²) >= 11 is 0. The van der Waals surface area contributed by atoms with Crippen LogP contribution < -0.4 is 0 Å². The number of halogens is 3. The molecule has 2 saturated heterocycles. The number of alkyl halides is 2. The van der Waals surface area contributed by atoms with Crippen LogP contribution in [0.15, 0.2) is 48.5 Å². The van der Waals surface area contributed by atoms with Crippen molar-refractivity contribution in [2.75, 3.05) is 33.2 Å². The first-order chi connectivity index (χ1) is 18.8. The summed E-state index contributed by atoms with van der Waals surface area (Å²) in [4.78, 5) is 15.7. The minimum atomic E-state index is -2.66. The zero-order valence-electron chi connectivity index (χ0n) is 24.0. The fourth-order valence-electron chi connectivity index (χ4n) is 5.89. The van der Waals surface area contributed by atoms with Gasteiger partial charge in [0.25, 0.3) is 5.92 Å². The Morgan fingerprint density at radius 2 is 1.73 bits per heavy atom. The van der Waals surface area contributed by atoms with E-state index in [2.05, 4.69) is 4.90 Å². The molecule has 2 unspecified atom stereocenters. The van der Waals surface area contributed by atoms with Crippen molar-refractivity contribution in [2.45, 2.75) is 70.8 Å². The molecule has 0 aromatic heterocycles. The SMILES string of the molecule is CC(C)(C)C(C(=O)O)N1CCC(c2cccc(F)c2)C1.CN1CCC(CC(F)(F)Cc2ccc(C#N)cc2)CC1. The van der Waals surface area contributed by atoms with Gasteiger partial charge in [-0.25, -0.2) is 13.2 Å². The molecule has 2 aliphatic rings. The highest BCUT2D eigenvalue weighted by molar-refractivity contribution is 5.74. The van der Waals surface area contributed by atoms with E-state index in [0.717, 1.165) is 44.5 Å². The molecule has 218 valence electrons. The molecule has 0 saturated carbocycles. The Balaban J connectivity index is 0.000000220. The second kappa shape index (κ2) is 13.6. The van der Waals surface area contributed by atoms with Crippen molar-refractivity contribution in [3.8, 4) is 6.07 Å². The number of hydrogen-bond acceptors (Lipinski definition) is 4. The third kappa shape index (κ3) is 9.35. The van der Waals surface area contributed by atoms with Crippen LogP contribution in [0.1, 0.15) is 69.1 Å². The Kier molecular flexibility index (Phi) is 10.8. The van der Waals surface area contributed by atoms with E-state index in [1.165, 1.54) is 6.07 Å². The Morgan fingerprint density at radius 1 is 1.07 bits per heavy atom. The third-order valence-electron chi connectivity index (χ3n) is 7.93. The molecule has 8 heteroatoms. The molecule has 0 spiro atoms. The number of carboxylic acid groups (broad SMARTS) is 1. The Bertz CT molecular complexity index is 1150. The van der Waals surface area contributed by atoms with Crippen LogP contribution in [0.3, 0.4) is 0 Å². The standard InChI is InChI=1S/C16H20F2N2.C16H22FNO2/c1-20-8-6-14(7-9-20)11-16(17,18)10-13-2-4-15(12-19)5-3-13;1-16(2,3)14(15(19)20)18-8-7-12(10-18)11-5-4-6-13(17)9-11/h2-5,14H,6-11H2,1H3;4-6,9,12,14H,7-8,10H2,1-3H3,(H,19,20). The van der Waals surface area contributed by atoms with Crippen LogP contribution in [0.5, 0.6) is 0 Å². The predicted molar refractivity (Wildman–Crippen MR) is 151 cm³/mol. The molecule has 2 aromatic rings. The monoisotopic (exact) mass is 557 g/mol. The van der Waals surface area contributed by atoms with Crippen LogP contribution in [-0.4, -0.2) is 66.1 Å². The molecule has 0 amide bonds. The lowest BCUT2D eigenvalue weighted by molar-refractivity contribution is -0.147. The van der Waals surface area contributed by atoms with Crippen molar-refractivity contribution < 1.29 is 23.1 Å². The van der Waals surface area contributed by atoms with Crippen LogP contribution in [-0.2, 0) is 11.2 Å². The minimum Gasteiger partial charge on any atom is -0.480 e.